The van der Waals surface area contributed by atoms with E-state index in [4.69, 9.17) is 0 Å². The Bertz CT molecular complexity index is 284. The summed E-state index contributed by atoms with van der Waals surface area (Å²) in [6, 6.07) is 0. The highest BCUT2D eigenvalue weighted by molar-refractivity contribution is 9.09. The maximum atomic E-state index is 4.17. The van der Waals surface area contributed by atoms with Crippen molar-refractivity contribution in [2.75, 3.05) is 0 Å². The number of aromatic nitrogens is 3. The van der Waals surface area contributed by atoms with Gasteiger partial charge in [0.05, 0.1) is 0 Å². The Hall–Kier alpha value is -0.380. The summed E-state index contributed by atoms with van der Waals surface area (Å²) in [6.45, 7) is 0. The van der Waals surface area contributed by atoms with Crippen LogP contribution in [0.5, 0.6) is 0 Å². The van der Waals surface area contributed by atoms with Crippen LogP contribution in [0.1, 0.15) is 37.4 Å². The highest BCUT2D eigenvalue weighted by Crippen LogP contribution is 2.34. The van der Waals surface area contributed by atoms with Crippen molar-refractivity contribution in [3.8, 4) is 0 Å². The maximum Gasteiger partial charge on any atom is 0.135 e. The topological polar surface area (TPSA) is 30.7 Å². The van der Waals surface area contributed by atoms with Gasteiger partial charge in [0, 0.05) is 17.8 Å². The van der Waals surface area contributed by atoms with Crippen molar-refractivity contribution in [1.82, 2.24) is 14.8 Å². The van der Waals surface area contributed by atoms with Crippen LogP contribution in [0.25, 0.3) is 0 Å². The van der Waals surface area contributed by atoms with Crippen LogP contribution in [0.15, 0.2) is 6.33 Å². The summed E-state index contributed by atoms with van der Waals surface area (Å²) in [5, 5.41) is 8.09. The lowest BCUT2D eigenvalue weighted by Gasteiger charge is -2.24. The Morgan fingerprint density at radius 3 is 3.00 bits per heavy atom. The molecule has 0 saturated heterocycles. The van der Waals surface area contributed by atoms with E-state index in [-0.39, 0.29) is 0 Å². The van der Waals surface area contributed by atoms with Crippen LogP contribution in [-0.4, -0.2) is 19.6 Å². The first kappa shape index (κ1) is 9.19. The first-order valence-electron chi connectivity index (χ1n) is 4.75. The van der Waals surface area contributed by atoms with Gasteiger partial charge in [-0.3, -0.25) is 0 Å². The number of aryl methyl sites for hydroxylation is 1. The summed E-state index contributed by atoms with van der Waals surface area (Å²) in [4.78, 5) is 0.669. The zero-order valence-electron chi connectivity index (χ0n) is 7.78. The lowest BCUT2D eigenvalue weighted by Crippen LogP contribution is -2.16. The number of halogens is 1. The third kappa shape index (κ3) is 1.93. The van der Waals surface area contributed by atoms with Gasteiger partial charge in [0.2, 0.25) is 0 Å². The quantitative estimate of drug-likeness (QED) is 0.709. The van der Waals surface area contributed by atoms with Crippen LogP contribution in [0.2, 0.25) is 0 Å². The fraction of sp³-hybridized carbons (Fsp3) is 0.778. The Labute approximate surface area is 86.7 Å². The molecule has 3 nitrogen and oxygen atoms in total. The van der Waals surface area contributed by atoms with Gasteiger partial charge < -0.3 is 4.57 Å². The van der Waals surface area contributed by atoms with E-state index >= 15 is 0 Å². The number of hydrogen-bond acceptors (Lipinski definition) is 2. The summed E-state index contributed by atoms with van der Waals surface area (Å²) in [6.07, 6.45) is 6.84. The van der Waals surface area contributed by atoms with E-state index in [1.165, 1.54) is 25.7 Å². The molecule has 0 N–H and O–H groups in total. The molecule has 1 aliphatic carbocycles. The van der Waals surface area contributed by atoms with Crippen molar-refractivity contribution in [3.05, 3.63) is 12.2 Å². The minimum absolute atomic E-state index is 0.602. The van der Waals surface area contributed by atoms with Crippen LogP contribution in [0, 0.1) is 0 Å². The average molecular weight is 244 g/mol. The van der Waals surface area contributed by atoms with E-state index in [9.17, 15) is 0 Å². The molecule has 0 aliphatic heterocycles. The van der Waals surface area contributed by atoms with E-state index in [2.05, 4.69) is 26.1 Å². The second kappa shape index (κ2) is 3.78. The van der Waals surface area contributed by atoms with E-state index in [0.29, 0.717) is 10.7 Å². The van der Waals surface area contributed by atoms with Crippen LogP contribution in [0.4, 0.5) is 0 Å². The van der Waals surface area contributed by atoms with Gasteiger partial charge in [-0.05, 0) is 19.3 Å². The monoisotopic (exact) mass is 243 g/mol. The molecule has 1 aromatic rings. The Morgan fingerprint density at radius 2 is 2.38 bits per heavy atom. The molecule has 2 atom stereocenters. The highest BCUT2D eigenvalue weighted by Gasteiger charge is 2.24. The number of rotatable bonds is 1. The number of alkyl halides is 1. The van der Waals surface area contributed by atoms with Gasteiger partial charge in [0.1, 0.15) is 12.2 Å². The van der Waals surface area contributed by atoms with Gasteiger partial charge in [0.15, 0.2) is 0 Å². The predicted octanol–water partition coefficient (Wildman–Crippen LogP) is 2.24. The molecule has 13 heavy (non-hydrogen) atoms. The molecule has 1 aromatic heterocycles. The van der Waals surface area contributed by atoms with Crippen molar-refractivity contribution >= 4 is 15.9 Å². The minimum Gasteiger partial charge on any atom is -0.320 e. The molecule has 1 saturated carbocycles. The third-order valence-electron chi connectivity index (χ3n) is 2.72. The number of nitrogens with zero attached hydrogens (tertiary/aromatic N) is 3. The lowest BCUT2D eigenvalue weighted by atomic mass is 9.88. The molecule has 1 fully saturated rings. The Balaban J connectivity index is 2.12. The molecule has 0 bridgehead atoms. The van der Waals surface area contributed by atoms with Gasteiger partial charge in [0.25, 0.3) is 0 Å². The normalized spacial score (nSPS) is 29.1. The first-order valence-corrected chi connectivity index (χ1v) is 5.67. The van der Waals surface area contributed by atoms with E-state index < -0.39 is 0 Å². The summed E-state index contributed by atoms with van der Waals surface area (Å²) < 4.78 is 2.04. The average Bonchev–Trinajstić information content (AvgIpc) is 2.51. The fourth-order valence-corrected chi connectivity index (χ4v) is 2.80. The molecule has 0 amide bonds. The van der Waals surface area contributed by atoms with E-state index in [1.54, 1.807) is 6.33 Å². The molecule has 0 radical (unpaired) electrons. The second-order valence-electron chi connectivity index (χ2n) is 3.76. The molecule has 2 rings (SSSR count). The van der Waals surface area contributed by atoms with E-state index in [1.807, 2.05) is 11.6 Å². The highest BCUT2D eigenvalue weighted by atomic mass is 79.9. The zero-order valence-corrected chi connectivity index (χ0v) is 9.37. The maximum absolute atomic E-state index is 4.17. The molecular weight excluding hydrogens is 230 g/mol. The van der Waals surface area contributed by atoms with Gasteiger partial charge in [-0.2, -0.15) is 0 Å². The standard InChI is InChI=1S/C9H14BrN3/c1-13-6-11-12-9(13)7-3-2-4-8(10)5-7/h6-8H,2-5H2,1H3. The summed E-state index contributed by atoms with van der Waals surface area (Å²) in [5.74, 6) is 1.75. The second-order valence-corrected chi connectivity index (χ2v) is 5.06. The molecule has 1 heterocycles. The van der Waals surface area contributed by atoms with Crippen molar-refractivity contribution in [1.29, 1.82) is 0 Å². The largest absolute Gasteiger partial charge is 0.320 e. The van der Waals surface area contributed by atoms with E-state index in [0.717, 1.165) is 5.82 Å². The molecule has 4 heteroatoms. The van der Waals surface area contributed by atoms with Crippen molar-refractivity contribution in [2.24, 2.45) is 7.05 Å². The third-order valence-corrected chi connectivity index (χ3v) is 3.55. The van der Waals surface area contributed by atoms with Crippen LogP contribution in [0.3, 0.4) is 0 Å². The van der Waals surface area contributed by atoms with Gasteiger partial charge in [-0.15, -0.1) is 10.2 Å². The van der Waals surface area contributed by atoms with Crippen molar-refractivity contribution in [2.45, 2.75) is 36.4 Å². The SMILES string of the molecule is Cn1cnnc1C1CCCC(Br)C1. The lowest BCUT2D eigenvalue weighted by molar-refractivity contribution is 0.433. The van der Waals surface area contributed by atoms with Gasteiger partial charge in [-0.25, -0.2) is 0 Å². The van der Waals surface area contributed by atoms with Crippen LogP contribution < -0.4 is 0 Å². The van der Waals surface area contributed by atoms with Crippen molar-refractivity contribution < 1.29 is 0 Å². The van der Waals surface area contributed by atoms with Gasteiger partial charge >= 0.3 is 0 Å². The molecule has 0 aromatic carbocycles. The summed E-state index contributed by atoms with van der Waals surface area (Å²) >= 11 is 3.68. The van der Waals surface area contributed by atoms with Crippen molar-refractivity contribution in [3.63, 3.8) is 0 Å². The molecular formula is C9H14BrN3. The predicted molar refractivity (Wildman–Crippen MR) is 54.9 cm³/mol. The van der Waals surface area contributed by atoms with Crippen LogP contribution in [-0.2, 0) is 7.05 Å². The zero-order chi connectivity index (χ0) is 9.26. The molecule has 1 aliphatic rings. The Kier molecular flexibility index (Phi) is 2.67. The summed E-state index contributed by atoms with van der Waals surface area (Å²) in [7, 11) is 2.02. The smallest absolute Gasteiger partial charge is 0.135 e. The Morgan fingerprint density at radius 1 is 1.54 bits per heavy atom. The fourth-order valence-electron chi connectivity index (χ4n) is 2.03. The molecule has 0 spiro atoms. The van der Waals surface area contributed by atoms with Gasteiger partial charge in [-0.1, -0.05) is 22.4 Å². The molecule has 72 valence electrons. The van der Waals surface area contributed by atoms with Crippen LogP contribution >= 0.6 is 15.9 Å². The summed E-state index contributed by atoms with van der Waals surface area (Å²) in [5.41, 5.74) is 0. The minimum atomic E-state index is 0.602. The first-order chi connectivity index (χ1) is 6.27. The number of hydrogen-bond donors (Lipinski definition) is 0. The molecule has 2 unspecified atom stereocenters.